The third-order valence-electron chi connectivity index (χ3n) is 4.07. The Morgan fingerprint density at radius 2 is 1.96 bits per heavy atom. The SMILES string of the molecule is O=C(c1ccc2cc[nH]c2n1)N1CCN(c2cnccn2)CC1. The Morgan fingerprint density at radius 1 is 1.09 bits per heavy atom. The van der Waals surface area contributed by atoms with E-state index in [1.165, 1.54) is 0 Å². The topological polar surface area (TPSA) is 78.0 Å². The molecule has 23 heavy (non-hydrogen) atoms. The van der Waals surface area contributed by atoms with Crippen molar-refractivity contribution in [1.82, 2.24) is 24.8 Å². The number of pyridine rings is 1. The van der Waals surface area contributed by atoms with Crippen molar-refractivity contribution >= 4 is 22.8 Å². The molecule has 1 amide bonds. The van der Waals surface area contributed by atoms with Crippen molar-refractivity contribution < 1.29 is 4.79 Å². The van der Waals surface area contributed by atoms with Crippen molar-refractivity contribution in [1.29, 1.82) is 0 Å². The molecular weight excluding hydrogens is 292 g/mol. The maximum Gasteiger partial charge on any atom is 0.272 e. The number of aromatic nitrogens is 4. The molecule has 116 valence electrons. The number of nitrogens with zero attached hydrogens (tertiary/aromatic N) is 5. The summed E-state index contributed by atoms with van der Waals surface area (Å²) in [6, 6.07) is 5.64. The van der Waals surface area contributed by atoms with Crippen LogP contribution in [-0.4, -0.2) is 56.9 Å². The van der Waals surface area contributed by atoms with Crippen LogP contribution in [0.2, 0.25) is 0 Å². The van der Waals surface area contributed by atoms with Gasteiger partial charge in [0.1, 0.15) is 17.2 Å². The number of amides is 1. The van der Waals surface area contributed by atoms with Crippen molar-refractivity contribution in [3.63, 3.8) is 0 Å². The average Bonchev–Trinajstić information content (AvgIpc) is 3.10. The van der Waals surface area contributed by atoms with Gasteiger partial charge in [-0.25, -0.2) is 9.97 Å². The van der Waals surface area contributed by atoms with Gasteiger partial charge < -0.3 is 14.8 Å². The molecule has 0 saturated carbocycles. The van der Waals surface area contributed by atoms with E-state index in [2.05, 4.69) is 24.8 Å². The van der Waals surface area contributed by atoms with Crippen LogP contribution in [0, 0.1) is 0 Å². The van der Waals surface area contributed by atoms with E-state index in [-0.39, 0.29) is 5.91 Å². The van der Waals surface area contributed by atoms with Crippen molar-refractivity contribution in [2.75, 3.05) is 31.1 Å². The number of rotatable bonds is 2. The first kappa shape index (κ1) is 13.7. The summed E-state index contributed by atoms with van der Waals surface area (Å²) in [7, 11) is 0. The van der Waals surface area contributed by atoms with Crippen LogP contribution in [0.1, 0.15) is 10.5 Å². The second-order valence-corrected chi connectivity index (χ2v) is 5.45. The lowest BCUT2D eigenvalue weighted by molar-refractivity contribution is 0.0741. The molecule has 7 heteroatoms. The van der Waals surface area contributed by atoms with E-state index in [4.69, 9.17) is 0 Å². The van der Waals surface area contributed by atoms with E-state index in [9.17, 15) is 4.79 Å². The van der Waals surface area contributed by atoms with Crippen LogP contribution in [0.5, 0.6) is 0 Å². The van der Waals surface area contributed by atoms with Crippen molar-refractivity contribution in [3.05, 3.63) is 48.7 Å². The van der Waals surface area contributed by atoms with Crippen LogP contribution in [0.3, 0.4) is 0 Å². The highest BCUT2D eigenvalue weighted by Gasteiger charge is 2.23. The first-order chi connectivity index (χ1) is 11.3. The molecule has 0 unspecified atom stereocenters. The molecule has 4 heterocycles. The molecule has 7 nitrogen and oxygen atoms in total. The second-order valence-electron chi connectivity index (χ2n) is 5.45. The van der Waals surface area contributed by atoms with E-state index in [0.29, 0.717) is 18.8 Å². The molecule has 4 rings (SSSR count). The van der Waals surface area contributed by atoms with Gasteiger partial charge in [-0.2, -0.15) is 0 Å². The van der Waals surface area contributed by atoms with Gasteiger partial charge >= 0.3 is 0 Å². The van der Waals surface area contributed by atoms with E-state index in [0.717, 1.165) is 29.9 Å². The zero-order valence-corrected chi connectivity index (χ0v) is 12.5. The fourth-order valence-electron chi connectivity index (χ4n) is 2.80. The van der Waals surface area contributed by atoms with Gasteiger partial charge in [-0.1, -0.05) is 0 Å². The minimum absolute atomic E-state index is 0.0275. The van der Waals surface area contributed by atoms with Crippen LogP contribution in [0.4, 0.5) is 5.82 Å². The molecule has 3 aromatic rings. The Labute approximate surface area is 133 Å². The molecule has 0 atom stereocenters. The Balaban J connectivity index is 1.46. The fourth-order valence-corrected chi connectivity index (χ4v) is 2.80. The summed E-state index contributed by atoms with van der Waals surface area (Å²) in [5.41, 5.74) is 1.22. The van der Waals surface area contributed by atoms with E-state index in [1.807, 2.05) is 23.2 Å². The van der Waals surface area contributed by atoms with Crippen molar-refractivity contribution in [3.8, 4) is 0 Å². The van der Waals surface area contributed by atoms with Crippen LogP contribution >= 0.6 is 0 Å². The van der Waals surface area contributed by atoms with E-state index < -0.39 is 0 Å². The number of piperazine rings is 1. The number of fused-ring (bicyclic) bond motifs is 1. The maximum atomic E-state index is 12.6. The molecule has 1 aliphatic heterocycles. The quantitative estimate of drug-likeness (QED) is 0.772. The zero-order chi connectivity index (χ0) is 15.6. The molecule has 0 bridgehead atoms. The highest BCUT2D eigenvalue weighted by atomic mass is 16.2. The minimum atomic E-state index is -0.0275. The van der Waals surface area contributed by atoms with E-state index >= 15 is 0 Å². The first-order valence-corrected chi connectivity index (χ1v) is 7.56. The summed E-state index contributed by atoms with van der Waals surface area (Å²) in [4.78, 5) is 32.4. The largest absolute Gasteiger partial charge is 0.352 e. The summed E-state index contributed by atoms with van der Waals surface area (Å²) >= 11 is 0. The lowest BCUT2D eigenvalue weighted by atomic mass is 10.2. The van der Waals surface area contributed by atoms with Gasteiger partial charge in [0.2, 0.25) is 0 Å². The second kappa shape index (κ2) is 5.68. The third-order valence-corrected chi connectivity index (χ3v) is 4.07. The number of H-pyrrole nitrogens is 1. The molecule has 0 radical (unpaired) electrons. The van der Waals surface area contributed by atoms with Gasteiger partial charge in [-0.05, 0) is 18.2 Å². The number of hydrogen-bond acceptors (Lipinski definition) is 5. The normalized spacial score (nSPS) is 15.1. The summed E-state index contributed by atoms with van der Waals surface area (Å²) < 4.78 is 0. The first-order valence-electron chi connectivity index (χ1n) is 7.56. The Morgan fingerprint density at radius 3 is 2.74 bits per heavy atom. The number of aromatic amines is 1. The molecular formula is C16H16N6O. The molecule has 0 spiro atoms. The minimum Gasteiger partial charge on any atom is -0.352 e. The van der Waals surface area contributed by atoms with Gasteiger partial charge in [0.25, 0.3) is 5.91 Å². The predicted molar refractivity (Wildman–Crippen MR) is 86.2 cm³/mol. The summed E-state index contributed by atoms with van der Waals surface area (Å²) in [6.45, 7) is 2.80. The number of carbonyl (C=O) groups is 1. The van der Waals surface area contributed by atoms with Crippen LogP contribution in [0.15, 0.2) is 43.0 Å². The standard InChI is InChI=1S/C16H16N6O/c23-16(13-2-1-12-3-4-19-15(12)20-13)22-9-7-21(8-10-22)14-11-17-5-6-18-14/h1-6,11H,7-10H2,(H,19,20). The molecule has 0 aromatic carbocycles. The Hall–Kier alpha value is -2.96. The number of nitrogens with one attached hydrogen (secondary N) is 1. The molecule has 1 N–H and O–H groups in total. The van der Waals surface area contributed by atoms with Crippen molar-refractivity contribution in [2.24, 2.45) is 0 Å². The third kappa shape index (κ3) is 2.61. The smallest absolute Gasteiger partial charge is 0.272 e. The van der Waals surface area contributed by atoms with Crippen LogP contribution in [-0.2, 0) is 0 Å². The summed E-state index contributed by atoms with van der Waals surface area (Å²) in [5, 5.41) is 1.01. The van der Waals surface area contributed by atoms with Crippen LogP contribution in [0.25, 0.3) is 11.0 Å². The van der Waals surface area contributed by atoms with E-state index in [1.54, 1.807) is 24.7 Å². The highest BCUT2D eigenvalue weighted by molar-refractivity contribution is 5.94. The van der Waals surface area contributed by atoms with Crippen molar-refractivity contribution in [2.45, 2.75) is 0 Å². The lowest BCUT2D eigenvalue weighted by Gasteiger charge is -2.35. The number of carbonyl (C=O) groups excluding carboxylic acids is 1. The summed E-state index contributed by atoms with van der Waals surface area (Å²) in [5.74, 6) is 0.825. The number of hydrogen-bond donors (Lipinski definition) is 1. The van der Waals surface area contributed by atoms with Gasteiger partial charge in [0.05, 0.1) is 6.20 Å². The molecule has 1 saturated heterocycles. The predicted octanol–water partition coefficient (Wildman–Crippen LogP) is 1.32. The maximum absolute atomic E-state index is 12.6. The highest BCUT2D eigenvalue weighted by Crippen LogP contribution is 2.15. The monoisotopic (exact) mass is 308 g/mol. The fraction of sp³-hybridized carbons (Fsp3) is 0.250. The molecule has 1 aliphatic rings. The van der Waals surface area contributed by atoms with Gasteiger partial charge in [-0.15, -0.1) is 0 Å². The van der Waals surface area contributed by atoms with Gasteiger partial charge in [0.15, 0.2) is 0 Å². The molecule has 0 aliphatic carbocycles. The number of anilines is 1. The zero-order valence-electron chi connectivity index (χ0n) is 12.5. The van der Waals surface area contributed by atoms with Gasteiger partial charge in [-0.3, -0.25) is 9.78 Å². The lowest BCUT2D eigenvalue weighted by Crippen LogP contribution is -2.49. The molecule has 3 aromatic heterocycles. The average molecular weight is 308 g/mol. The molecule has 1 fully saturated rings. The van der Waals surface area contributed by atoms with Crippen LogP contribution < -0.4 is 4.90 Å². The Kier molecular flexibility index (Phi) is 3.38. The van der Waals surface area contributed by atoms with Gasteiger partial charge in [0, 0.05) is 50.2 Å². The Bertz CT molecular complexity index is 823. The summed E-state index contributed by atoms with van der Waals surface area (Å²) in [6.07, 6.45) is 6.91.